The van der Waals surface area contributed by atoms with Crippen LogP contribution in [0.2, 0.25) is 5.02 Å². The average Bonchev–Trinajstić information content (AvgIpc) is 3.08. The first-order valence-electron chi connectivity index (χ1n) is 8.33. The Labute approximate surface area is 152 Å². The molecule has 3 heteroatoms. The van der Waals surface area contributed by atoms with Crippen LogP contribution < -0.4 is 4.90 Å². The van der Waals surface area contributed by atoms with E-state index in [1.54, 1.807) is 0 Å². The van der Waals surface area contributed by atoms with Crippen molar-refractivity contribution in [2.45, 2.75) is 6.04 Å². The second kappa shape index (κ2) is 6.66. The Balaban J connectivity index is 1.88. The lowest BCUT2D eigenvalue weighted by Gasteiger charge is -2.30. The van der Waals surface area contributed by atoms with E-state index in [0.717, 1.165) is 10.5 Å². The lowest BCUT2D eigenvalue weighted by atomic mass is 9.96. The second-order valence-corrected chi connectivity index (χ2v) is 6.63. The summed E-state index contributed by atoms with van der Waals surface area (Å²) >= 11 is 6.11. The van der Waals surface area contributed by atoms with Crippen molar-refractivity contribution in [3.05, 3.63) is 101 Å². The van der Waals surface area contributed by atoms with Crippen molar-refractivity contribution in [3.8, 4) is 0 Å². The predicted molar refractivity (Wildman–Crippen MR) is 106 cm³/mol. The summed E-state index contributed by atoms with van der Waals surface area (Å²) < 4.78 is 0. The molecule has 0 aliphatic carbocycles. The molecule has 1 heterocycles. The number of para-hydroxylation sites is 2. The molecule has 0 saturated heterocycles. The van der Waals surface area contributed by atoms with Crippen LogP contribution in [0.5, 0.6) is 0 Å². The molecule has 4 aromatic rings. The SMILES string of the molecule is CN(c1ccccc1)C(c1ccc(Cl)cc1)c1c[nH]c2ccccc12. The molecule has 124 valence electrons. The van der Waals surface area contributed by atoms with E-state index in [-0.39, 0.29) is 6.04 Å². The summed E-state index contributed by atoms with van der Waals surface area (Å²) in [6.07, 6.45) is 2.11. The van der Waals surface area contributed by atoms with Gasteiger partial charge in [0, 0.05) is 40.4 Å². The second-order valence-electron chi connectivity index (χ2n) is 6.19. The van der Waals surface area contributed by atoms with E-state index in [2.05, 4.69) is 83.8 Å². The Morgan fingerprint density at radius 3 is 2.28 bits per heavy atom. The fourth-order valence-electron chi connectivity index (χ4n) is 3.39. The largest absolute Gasteiger partial charge is 0.363 e. The zero-order chi connectivity index (χ0) is 17.2. The molecule has 0 radical (unpaired) electrons. The Kier molecular flexibility index (Phi) is 4.21. The number of nitrogens with one attached hydrogen (secondary N) is 1. The summed E-state index contributed by atoms with van der Waals surface area (Å²) in [6, 6.07) is 27.1. The third-order valence-corrected chi connectivity index (χ3v) is 4.90. The van der Waals surface area contributed by atoms with Gasteiger partial charge in [-0.25, -0.2) is 0 Å². The number of fused-ring (bicyclic) bond motifs is 1. The van der Waals surface area contributed by atoms with Crippen LogP contribution >= 0.6 is 11.6 Å². The number of aromatic amines is 1. The van der Waals surface area contributed by atoms with Gasteiger partial charge >= 0.3 is 0 Å². The van der Waals surface area contributed by atoms with Gasteiger partial charge in [0.2, 0.25) is 0 Å². The van der Waals surface area contributed by atoms with Gasteiger partial charge in [0.15, 0.2) is 0 Å². The van der Waals surface area contributed by atoms with E-state index >= 15 is 0 Å². The average molecular weight is 347 g/mol. The molecule has 1 aromatic heterocycles. The molecule has 1 atom stereocenters. The minimum Gasteiger partial charge on any atom is -0.363 e. The number of anilines is 1. The first kappa shape index (κ1) is 15.8. The molecule has 0 bridgehead atoms. The number of aromatic nitrogens is 1. The zero-order valence-corrected chi connectivity index (χ0v) is 14.7. The fraction of sp³-hybridized carbons (Fsp3) is 0.0909. The third kappa shape index (κ3) is 3.01. The van der Waals surface area contributed by atoms with Crippen molar-refractivity contribution in [1.29, 1.82) is 0 Å². The number of nitrogens with zero attached hydrogens (tertiary/aromatic N) is 1. The Morgan fingerprint density at radius 2 is 1.52 bits per heavy atom. The lowest BCUT2D eigenvalue weighted by molar-refractivity contribution is 0.789. The molecule has 0 fully saturated rings. The highest BCUT2D eigenvalue weighted by molar-refractivity contribution is 6.30. The molecule has 25 heavy (non-hydrogen) atoms. The predicted octanol–water partition coefficient (Wildman–Crippen LogP) is 6.05. The van der Waals surface area contributed by atoms with Crippen molar-refractivity contribution in [2.24, 2.45) is 0 Å². The number of H-pyrrole nitrogens is 1. The van der Waals surface area contributed by atoms with Gasteiger partial charge in [-0.05, 0) is 35.9 Å². The maximum atomic E-state index is 6.11. The van der Waals surface area contributed by atoms with E-state index in [9.17, 15) is 0 Å². The van der Waals surface area contributed by atoms with E-state index < -0.39 is 0 Å². The van der Waals surface area contributed by atoms with Gasteiger partial charge < -0.3 is 9.88 Å². The summed E-state index contributed by atoms with van der Waals surface area (Å²) in [5.74, 6) is 0. The number of halogens is 1. The first-order valence-corrected chi connectivity index (χ1v) is 8.71. The highest BCUT2D eigenvalue weighted by Crippen LogP contribution is 2.35. The minimum atomic E-state index is 0.0933. The number of hydrogen-bond acceptors (Lipinski definition) is 1. The Morgan fingerprint density at radius 1 is 0.840 bits per heavy atom. The van der Waals surface area contributed by atoms with Crippen LogP contribution in [0.25, 0.3) is 10.9 Å². The molecular weight excluding hydrogens is 328 g/mol. The number of benzene rings is 3. The van der Waals surface area contributed by atoms with E-state index in [1.165, 1.54) is 22.2 Å². The first-order chi connectivity index (χ1) is 12.2. The monoisotopic (exact) mass is 346 g/mol. The molecule has 0 amide bonds. The molecule has 0 spiro atoms. The van der Waals surface area contributed by atoms with Crippen molar-refractivity contribution in [1.82, 2.24) is 4.98 Å². The summed E-state index contributed by atoms with van der Waals surface area (Å²) in [5, 5.41) is 1.99. The maximum Gasteiger partial charge on any atom is 0.0813 e. The van der Waals surface area contributed by atoms with Gasteiger partial charge in [-0.15, -0.1) is 0 Å². The van der Waals surface area contributed by atoms with Gasteiger partial charge in [0.25, 0.3) is 0 Å². The van der Waals surface area contributed by atoms with Gasteiger partial charge in [-0.3, -0.25) is 0 Å². The molecular formula is C22H19ClN2. The summed E-state index contributed by atoms with van der Waals surface area (Å²) in [5.41, 5.74) is 4.79. The smallest absolute Gasteiger partial charge is 0.0813 e. The van der Waals surface area contributed by atoms with E-state index in [4.69, 9.17) is 11.6 Å². The van der Waals surface area contributed by atoms with Crippen molar-refractivity contribution >= 4 is 28.2 Å². The third-order valence-electron chi connectivity index (χ3n) is 4.65. The minimum absolute atomic E-state index is 0.0933. The van der Waals surface area contributed by atoms with Gasteiger partial charge in [-0.2, -0.15) is 0 Å². The molecule has 0 aliphatic heterocycles. The van der Waals surface area contributed by atoms with Crippen LogP contribution in [-0.2, 0) is 0 Å². The van der Waals surface area contributed by atoms with Gasteiger partial charge in [0.05, 0.1) is 6.04 Å². The normalized spacial score (nSPS) is 12.2. The van der Waals surface area contributed by atoms with Crippen molar-refractivity contribution in [3.63, 3.8) is 0 Å². The standard InChI is InChI=1S/C22H19ClN2/c1-25(18-7-3-2-4-8-18)22(16-11-13-17(23)14-12-16)20-15-24-21-10-6-5-9-19(20)21/h2-15,22,24H,1H3. The highest BCUT2D eigenvalue weighted by Gasteiger charge is 2.22. The summed E-state index contributed by atoms with van der Waals surface area (Å²) in [4.78, 5) is 5.71. The van der Waals surface area contributed by atoms with Gasteiger partial charge in [-0.1, -0.05) is 60.1 Å². The molecule has 3 aromatic carbocycles. The molecule has 2 nitrogen and oxygen atoms in total. The molecule has 0 saturated carbocycles. The van der Waals surface area contributed by atoms with E-state index in [1.807, 2.05) is 18.2 Å². The highest BCUT2D eigenvalue weighted by atomic mass is 35.5. The maximum absolute atomic E-state index is 6.11. The van der Waals surface area contributed by atoms with Crippen LogP contribution in [0.3, 0.4) is 0 Å². The van der Waals surface area contributed by atoms with Gasteiger partial charge in [0.1, 0.15) is 0 Å². The van der Waals surface area contributed by atoms with Crippen molar-refractivity contribution in [2.75, 3.05) is 11.9 Å². The Hall–Kier alpha value is -2.71. The molecule has 1 N–H and O–H groups in total. The summed E-state index contributed by atoms with van der Waals surface area (Å²) in [6.45, 7) is 0. The number of hydrogen-bond donors (Lipinski definition) is 1. The molecule has 1 unspecified atom stereocenters. The van der Waals surface area contributed by atoms with Crippen LogP contribution in [-0.4, -0.2) is 12.0 Å². The molecule has 0 aliphatic rings. The Bertz CT molecular complexity index is 974. The van der Waals surface area contributed by atoms with Crippen LogP contribution in [0, 0.1) is 0 Å². The number of rotatable bonds is 4. The van der Waals surface area contributed by atoms with Crippen LogP contribution in [0.4, 0.5) is 5.69 Å². The van der Waals surface area contributed by atoms with Crippen LogP contribution in [0.15, 0.2) is 85.1 Å². The topological polar surface area (TPSA) is 19.0 Å². The molecule has 4 rings (SSSR count). The fourth-order valence-corrected chi connectivity index (χ4v) is 3.52. The lowest BCUT2D eigenvalue weighted by Crippen LogP contribution is -2.25. The summed E-state index contributed by atoms with van der Waals surface area (Å²) in [7, 11) is 2.14. The van der Waals surface area contributed by atoms with Crippen LogP contribution in [0.1, 0.15) is 17.2 Å². The van der Waals surface area contributed by atoms with Crippen molar-refractivity contribution < 1.29 is 0 Å². The zero-order valence-electron chi connectivity index (χ0n) is 14.0. The van der Waals surface area contributed by atoms with E-state index in [0.29, 0.717) is 0 Å². The quantitative estimate of drug-likeness (QED) is 0.476.